The van der Waals surface area contributed by atoms with Gasteiger partial charge >= 0.3 is 0 Å². The Bertz CT molecular complexity index is 706. The van der Waals surface area contributed by atoms with Gasteiger partial charge in [0.1, 0.15) is 24.7 Å². The maximum Gasteiger partial charge on any atom is 0.159 e. The maximum absolute atomic E-state index is 13.9. The minimum Gasteiger partial charge on any atom is -0.491 e. The van der Waals surface area contributed by atoms with Crippen molar-refractivity contribution in [3.63, 3.8) is 0 Å². The standard InChI is InChI=1S/C26H38F2N2O/c1-3-5-7-8-9-10-11-21-18-29-26(30-19-21)22-13-15-25(16-14-22)31-20-24(28)17-23(27)12-6-4-2/h13-16,18-19,23-24H,3-12,17,20H2,1-2H3. The molecule has 0 fully saturated rings. The van der Waals surface area contributed by atoms with Crippen LogP contribution in [0.4, 0.5) is 8.78 Å². The molecule has 2 rings (SSSR count). The summed E-state index contributed by atoms with van der Waals surface area (Å²) >= 11 is 0. The van der Waals surface area contributed by atoms with Gasteiger partial charge in [0.15, 0.2) is 5.82 Å². The normalized spacial score (nSPS) is 13.2. The van der Waals surface area contributed by atoms with E-state index in [0.717, 1.165) is 24.8 Å². The quantitative estimate of drug-likeness (QED) is 0.255. The van der Waals surface area contributed by atoms with Crippen LogP contribution < -0.4 is 4.74 Å². The van der Waals surface area contributed by atoms with Crippen molar-refractivity contribution < 1.29 is 13.5 Å². The highest BCUT2D eigenvalue weighted by molar-refractivity contribution is 5.55. The van der Waals surface area contributed by atoms with Crippen molar-refractivity contribution in [3.8, 4) is 17.1 Å². The molecule has 0 saturated heterocycles. The van der Waals surface area contributed by atoms with Crippen LogP contribution in [0.5, 0.6) is 5.75 Å². The number of hydrogen-bond acceptors (Lipinski definition) is 3. The fraction of sp³-hybridized carbons (Fsp3) is 0.615. The van der Waals surface area contributed by atoms with Gasteiger partial charge in [-0.3, -0.25) is 0 Å². The summed E-state index contributed by atoms with van der Waals surface area (Å²) in [6.45, 7) is 4.11. The number of ether oxygens (including phenoxy) is 1. The molecule has 0 bridgehead atoms. The van der Waals surface area contributed by atoms with E-state index in [9.17, 15) is 8.78 Å². The molecule has 2 aromatic rings. The van der Waals surface area contributed by atoms with Gasteiger partial charge in [0.05, 0.1) is 0 Å². The van der Waals surface area contributed by atoms with E-state index in [1.54, 1.807) is 12.1 Å². The summed E-state index contributed by atoms with van der Waals surface area (Å²) in [6.07, 6.45) is 12.1. The fourth-order valence-electron chi connectivity index (χ4n) is 3.52. The lowest BCUT2D eigenvalue weighted by Crippen LogP contribution is -2.18. The molecule has 1 aromatic carbocycles. The number of aromatic nitrogens is 2. The molecule has 0 amide bonds. The predicted molar refractivity (Wildman–Crippen MR) is 124 cm³/mol. The zero-order valence-corrected chi connectivity index (χ0v) is 19.2. The van der Waals surface area contributed by atoms with Crippen molar-refractivity contribution in [3.05, 3.63) is 42.2 Å². The molecule has 0 aliphatic carbocycles. The smallest absolute Gasteiger partial charge is 0.159 e. The third-order valence-electron chi connectivity index (χ3n) is 5.45. The maximum atomic E-state index is 13.9. The van der Waals surface area contributed by atoms with E-state index in [4.69, 9.17) is 4.74 Å². The lowest BCUT2D eigenvalue weighted by atomic mass is 10.1. The second-order valence-electron chi connectivity index (χ2n) is 8.34. The zero-order valence-electron chi connectivity index (χ0n) is 19.2. The predicted octanol–water partition coefficient (Wildman–Crippen LogP) is 7.68. The summed E-state index contributed by atoms with van der Waals surface area (Å²) in [5.74, 6) is 1.23. The van der Waals surface area contributed by atoms with Crippen LogP contribution in [-0.2, 0) is 6.42 Å². The van der Waals surface area contributed by atoms with Crippen molar-refractivity contribution in [1.82, 2.24) is 9.97 Å². The Labute approximate surface area is 186 Å². The van der Waals surface area contributed by atoms with Crippen molar-refractivity contribution in [2.75, 3.05) is 6.61 Å². The molecule has 0 N–H and O–H groups in total. The average molecular weight is 433 g/mol. The van der Waals surface area contributed by atoms with Crippen LogP contribution in [0.25, 0.3) is 11.4 Å². The van der Waals surface area contributed by atoms with Gasteiger partial charge in [-0.25, -0.2) is 18.7 Å². The molecular weight excluding hydrogens is 394 g/mol. The van der Waals surface area contributed by atoms with Crippen molar-refractivity contribution in [2.24, 2.45) is 0 Å². The average Bonchev–Trinajstić information content (AvgIpc) is 2.79. The number of hydrogen-bond donors (Lipinski definition) is 0. The highest BCUT2D eigenvalue weighted by atomic mass is 19.1. The molecule has 0 spiro atoms. The number of alkyl halides is 2. The number of benzene rings is 1. The number of rotatable bonds is 16. The first-order valence-electron chi connectivity index (χ1n) is 11.9. The number of nitrogens with zero attached hydrogens (tertiary/aromatic N) is 2. The van der Waals surface area contributed by atoms with E-state index in [-0.39, 0.29) is 13.0 Å². The van der Waals surface area contributed by atoms with Gasteiger partial charge in [-0.15, -0.1) is 0 Å². The topological polar surface area (TPSA) is 35.0 Å². The van der Waals surface area contributed by atoms with E-state index in [1.807, 2.05) is 31.5 Å². The van der Waals surface area contributed by atoms with Gasteiger partial charge < -0.3 is 4.74 Å². The Morgan fingerprint density at radius 3 is 2.13 bits per heavy atom. The van der Waals surface area contributed by atoms with E-state index in [0.29, 0.717) is 18.0 Å². The molecule has 0 aliphatic rings. The number of unbranched alkanes of at least 4 members (excludes halogenated alkanes) is 6. The lowest BCUT2D eigenvalue weighted by molar-refractivity contribution is 0.146. The molecule has 0 radical (unpaired) electrons. The van der Waals surface area contributed by atoms with Crippen molar-refractivity contribution >= 4 is 0 Å². The first kappa shape index (κ1) is 25.2. The summed E-state index contributed by atoms with van der Waals surface area (Å²) in [5, 5.41) is 0. The minimum atomic E-state index is -1.30. The van der Waals surface area contributed by atoms with Gasteiger partial charge in [-0.1, -0.05) is 58.8 Å². The Morgan fingerprint density at radius 2 is 1.45 bits per heavy atom. The largest absolute Gasteiger partial charge is 0.491 e. The lowest BCUT2D eigenvalue weighted by Gasteiger charge is -2.13. The molecule has 1 heterocycles. The summed E-state index contributed by atoms with van der Waals surface area (Å²) in [4.78, 5) is 8.97. The Balaban J connectivity index is 1.74. The Morgan fingerprint density at radius 1 is 0.806 bits per heavy atom. The van der Waals surface area contributed by atoms with Gasteiger partial charge in [0.2, 0.25) is 0 Å². The highest BCUT2D eigenvalue weighted by Crippen LogP contribution is 2.21. The van der Waals surface area contributed by atoms with Crippen LogP contribution in [-0.4, -0.2) is 28.9 Å². The second kappa shape index (κ2) is 14.9. The summed E-state index contributed by atoms with van der Waals surface area (Å²) < 4.78 is 33.1. The SMILES string of the molecule is CCCCCCCCc1cnc(-c2ccc(OCC(F)CC(F)CCCC)cc2)nc1. The highest BCUT2D eigenvalue weighted by Gasteiger charge is 2.15. The fourth-order valence-corrected chi connectivity index (χ4v) is 3.52. The molecule has 3 nitrogen and oxygen atoms in total. The first-order valence-corrected chi connectivity index (χ1v) is 11.9. The van der Waals surface area contributed by atoms with Crippen LogP contribution in [0.3, 0.4) is 0 Å². The third-order valence-corrected chi connectivity index (χ3v) is 5.45. The van der Waals surface area contributed by atoms with Crippen LogP contribution >= 0.6 is 0 Å². The van der Waals surface area contributed by atoms with Crippen LogP contribution in [0.1, 0.15) is 83.6 Å². The zero-order chi connectivity index (χ0) is 22.3. The van der Waals surface area contributed by atoms with Crippen LogP contribution in [0.15, 0.2) is 36.7 Å². The first-order chi connectivity index (χ1) is 15.1. The summed E-state index contributed by atoms with van der Waals surface area (Å²) in [5.41, 5.74) is 2.05. The molecule has 0 aliphatic heterocycles. The van der Waals surface area contributed by atoms with Crippen molar-refractivity contribution in [1.29, 1.82) is 0 Å². The van der Waals surface area contributed by atoms with Gasteiger partial charge in [-0.2, -0.15) is 0 Å². The van der Waals surface area contributed by atoms with Gasteiger partial charge in [0, 0.05) is 24.4 Å². The molecule has 31 heavy (non-hydrogen) atoms. The monoisotopic (exact) mass is 432 g/mol. The Kier molecular flexibility index (Phi) is 12.1. The molecule has 5 heteroatoms. The Hall–Kier alpha value is -2.04. The van der Waals surface area contributed by atoms with Gasteiger partial charge in [0.25, 0.3) is 0 Å². The summed E-state index contributed by atoms with van der Waals surface area (Å²) in [7, 11) is 0. The van der Waals surface area contributed by atoms with E-state index in [1.165, 1.54) is 44.1 Å². The third kappa shape index (κ3) is 10.2. The number of halogens is 2. The molecule has 1 aromatic heterocycles. The van der Waals surface area contributed by atoms with E-state index in [2.05, 4.69) is 16.9 Å². The van der Waals surface area contributed by atoms with Gasteiger partial charge in [-0.05, 0) is 49.1 Å². The molecule has 172 valence electrons. The molecular formula is C26H38F2N2O. The van der Waals surface area contributed by atoms with E-state index < -0.39 is 12.3 Å². The van der Waals surface area contributed by atoms with Crippen LogP contribution in [0.2, 0.25) is 0 Å². The van der Waals surface area contributed by atoms with Crippen LogP contribution in [0, 0.1) is 0 Å². The molecule has 2 unspecified atom stereocenters. The van der Waals surface area contributed by atoms with E-state index >= 15 is 0 Å². The minimum absolute atomic E-state index is 0.100. The molecule has 2 atom stereocenters. The number of aryl methyl sites for hydroxylation is 1. The second-order valence-corrected chi connectivity index (χ2v) is 8.34. The molecule has 0 saturated carbocycles. The van der Waals surface area contributed by atoms with Crippen molar-refractivity contribution in [2.45, 2.75) is 96.8 Å². The summed E-state index contributed by atoms with van der Waals surface area (Å²) in [6, 6.07) is 7.29.